The summed E-state index contributed by atoms with van der Waals surface area (Å²) in [6.45, 7) is 5.96. The van der Waals surface area contributed by atoms with E-state index in [1.807, 2.05) is 30.3 Å². The Morgan fingerprint density at radius 1 is 1.10 bits per heavy atom. The number of fused-ring (bicyclic) bond motifs is 1. The minimum atomic E-state index is -0.320. The molecule has 0 spiro atoms. The summed E-state index contributed by atoms with van der Waals surface area (Å²) in [4.78, 5) is 5.22. The van der Waals surface area contributed by atoms with Gasteiger partial charge in [-0.15, -0.1) is 0 Å². The van der Waals surface area contributed by atoms with Gasteiger partial charge in [-0.25, -0.2) is 0 Å². The number of benzene rings is 1. The zero-order chi connectivity index (χ0) is 13.8. The van der Waals surface area contributed by atoms with Crippen LogP contribution in [-0.2, 0) is 0 Å². The van der Waals surface area contributed by atoms with Gasteiger partial charge in [0.15, 0.2) is 0 Å². The van der Waals surface area contributed by atoms with Crippen LogP contribution < -0.4 is 0 Å². The molecule has 0 aromatic heterocycles. The molecule has 2 fully saturated rings. The summed E-state index contributed by atoms with van der Waals surface area (Å²) in [5.41, 5.74) is 1.05. The summed E-state index contributed by atoms with van der Waals surface area (Å²) in [5.74, 6) is 0. The van der Waals surface area contributed by atoms with Crippen LogP contribution in [0.25, 0.3) is 0 Å². The lowest BCUT2D eigenvalue weighted by molar-refractivity contribution is 0.137. The standard InChI is InChI=1S/C17H26N2O/c20-17(15-6-2-1-3-7-15)9-13-18-10-5-12-19-11-4-8-16(19)14-18/h1-3,6-7,16-17,20H,4-5,8-14H2. The Morgan fingerprint density at radius 2 is 1.90 bits per heavy atom. The van der Waals surface area contributed by atoms with Crippen molar-refractivity contribution in [3.8, 4) is 0 Å². The number of hydrogen-bond acceptors (Lipinski definition) is 3. The van der Waals surface area contributed by atoms with Crippen molar-refractivity contribution < 1.29 is 5.11 Å². The maximum Gasteiger partial charge on any atom is 0.0802 e. The van der Waals surface area contributed by atoms with Gasteiger partial charge in [0, 0.05) is 19.1 Å². The molecule has 110 valence electrons. The summed E-state index contributed by atoms with van der Waals surface area (Å²) < 4.78 is 0. The van der Waals surface area contributed by atoms with Crippen molar-refractivity contribution in [3.05, 3.63) is 35.9 Å². The lowest BCUT2D eigenvalue weighted by atomic mass is 10.1. The molecule has 2 atom stereocenters. The van der Waals surface area contributed by atoms with E-state index in [1.54, 1.807) is 0 Å². The molecule has 2 saturated heterocycles. The second kappa shape index (κ2) is 6.70. The van der Waals surface area contributed by atoms with Gasteiger partial charge in [0.2, 0.25) is 0 Å². The average Bonchev–Trinajstić information content (AvgIpc) is 2.83. The molecule has 0 radical (unpaired) electrons. The third-order valence-electron chi connectivity index (χ3n) is 4.79. The largest absolute Gasteiger partial charge is 0.388 e. The number of nitrogens with zero attached hydrogens (tertiary/aromatic N) is 2. The van der Waals surface area contributed by atoms with Gasteiger partial charge in [-0.2, -0.15) is 0 Å². The highest BCUT2D eigenvalue weighted by Gasteiger charge is 2.28. The number of hydrogen-bond donors (Lipinski definition) is 1. The molecular weight excluding hydrogens is 248 g/mol. The van der Waals surface area contributed by atoms with E-state index in [1.165, 1.54) is 45.4 Å². The van der Waals surface area contributed by atoms with E-state index in [0.29, 0.717) is 0 Å². The summed E-state index contributed by atoms with van der Waals surface area (Å²) in [6, 6.07) is 10.8. The van der Waals surface area contributed by atoms with E-state index in [2.05, 4.69) is 9.80 Å². The van der Waals surface area contributed by atoms with Gasteiger partial charge >= 0.3 is 0 Å². The lowest BCUT2D eigenvalue weighted by Crippen LogP contribution is -2.37. The molecule has 0 saturated carbocycles. The molecule has 2 aliphatic heterocycles. The highest BCUT2D eigenvalue weighted by molar-refractivity contribution is 5.17. The molecule has 3 heteroatoms. The van der Waals surface area contributed by atoms with E-state index in [-0.39, 0.29) is 6.10 Å². The second-order valence-corrected chi connectivity index (χ2v) is 6.20. The first-order chi connectivity index (χ1) is 9.83. The Labute approximate surface area is 122 Å². The predicted octanol–water partition coefficient (Wildman–Crippen LogP) is 2.28. The van der Waals surface area contributed by atoms with Crippen molar-refractivity contribution in [3.63, 3.8) is 0 Å². The predicted molar refractivity (Wildman–Crippen MR) is 81.7 cm³/mol. The Kier molecular flexibility index (Phi) is 4.71. The van der Waals surface area contributed by atoms with Crippen molar-refractivity contribution in [2.75, 3.05) is 32.7 Å². The van der Waals surface area contributed by atoms with Crippen LogP contribution in [0.2, 0.25) is 0 Å². The van der Waals surface area contributed by atoms with E-state index >= 15 is 0 Å². The highest BCUT2D eigenvalue weighted by Crippen LogP contribution is 2.22. The first-order valence-electron chi connectivity index (χ1n) is 8.02. The van der Waals surface area contributed by atoms with Gasteiger partial charge in [0.25, 0.3) is 0 Å². The maximum absolute atomic E-state index is 10.3. The first-order valence-corrected chi connectivity index (χ1v) is 8.02. The Morgan fingerprint density at radius 3 is 2.75 bits per heavy atom. The summed E-state index contributed by atoms with van der Waals surface area (Å²) in [6.07, 6.45) is 4.52. The summed E-state index contributed by atoms with van der Waals surface area (Å²) in [5, 5.41) is 10.3. The highest BCUT2D eigenvalue weighted by atomic mass is 16.3. The van der Waals surface area contributed by atoms with Crippen molar-refractivity contribution in [2.45, 2.75) is 37.8 Å². The fourth-order valence-electron chi connectivity index (χ4n) is 3.63. The molecule has 2 aliphatic rings. The first kappa shape index (κ1) is 14.1. The summed E-state index contributed by atoms with van der Waals surface area (Å²) in [7, 11) is 0. The third-order valence-corrected chi connectivity index (χ3v) is 4.79. The fraction of sp³-hybridized carbons (Fsp3) is 0.647. The Balaban J connectivity index is 1.50. The molecule has 2 heterocycles. The number of aliphatic hydroxyl groups excluding tert-OH is 1. The van der Waals surface area contributed by atoms with Crippen molar-refractivity contribution in [1.82, 2.24) is 9.80 Å². The minimum Gasteiger partial charge on any atom is -0.388 e. The zero-order valence-electron chi connectivity index (χ0n) is 12.2. The van der Waals surface area contributed by atoms with E-state index < -0.39 is 0 Å². The monoisotopic (exact) mass is 274 g/mol. The molecule has 1 N–H and O–H groups in total. The van der Waals surface area contributed by atoms with Gasteiger partial charge in [-0.1, -0.05) is 30.3 Å². The van der Waals surface area contributed by atoms with Gasteiger partial charge in [-0.05, 0) is 50.9 Å². The average molecular weight is 274 g/mol. The molecule has 20 heavy (non-hydrogen) atoms. The van der Waals surface area contributed by atoms with Crippen LogP contribution in [0.3, 0.4) is 0 Å². The van der Waals surface area contributed by atoms with Crippen LogP contribution in [0.4, 0.5) is 0 Å². The molecular formula is C17H26N2O. The quantitative estimate of drug-likeness (QED) is 0.912. The van der Waals surface area contributed by atoms with Gasteiger partial charge in [0.05, 0.1) is 6.10 Å². The van der Waals surface area contributed by atoms with Gasteiger partial charge in [-0.3, -0.25) is 4.90 Å². The molecule has 0 amide bonds. The SMILES string of the molecule is OC(CCN1CCCN2CCCC2C1)c1ccccc1. The summed E-state index contributed by atoms with van der Waals surface area (Å²) >= 11 is 0. The van der Waals surface area contributed by atoms with Crippen LogP contribution in [-0.4, -0.2) is 53.7 Å². The van der Waals surface area contributed by atoms with E-state index in [9.17, 15) is 5.11 Å². The molecule has 2 unspecified atom stereocenters. The van der Waals surface area contributed by atoms with Crippen LogP contribution in [0.1, 0.15) is 37.4 Å². The molecule has 3 nitrogen and oxygen atoms in total. The Hall–Kier alpha value is -0.900. The van der Waals surface area contributed by atoms with Crippen LogP contribution in [0.5, 0.6) is 0 Å². The number of rotatable bonds is 4. The molecule has 0 aliphatic carbocycles. The van der Waals surface area contributed by atoms with Crippen LogP contribution >= 0.6 is 0 Å². The topological polar surface area (TPSA) is 26.7 Å². The molecule has 1 aromatic carbocycles. The Bertz CT molecular complexity index is 409. The second-order valence-electron chi connectivity index (χ2n) is 6.20. The van der Waals surface area contributed by atoms with E-state index in [0.717, 1.165) is 24.6 Å². The van der Waals surface area contributed by atoms with E-state index in [4.69, 9.17) is 0 Å². The van der Waals surface area contributed by atoms with Crippen LogP contribution in [0, 0.1) is 0 Å². The maximum atomic E-state index is 10.3. The lowest BCUT2D eigenvalue weighted by Gasteiger charge is -2.26. The van der Waals surface area contributed by atoms with Crippen molar-refractivity contribution in [2.24, 2.45) is 0 Å². The van der Waals surface area contributed by atoms with Gasteiger partial charge < -0.3 is 10.0 Å². The normalized spacial score (nSPS) is 26.1. The fourth-order valence-corrected chi connectivity index (χ4v) is 3.63. The molecule has 1 aromatic rings. The minimum absolute atomic E-state index is 0.320. The van der Waals surface area contributed by atoms with Crippen molar-refractivity contribution in [1.29, 1.82) is 0 Å². The van der Waals surface area contributed by atoms with Crippen LogP contribution in [0.15, 0.2) is 30.3 Å². The smallest absolute Gasteiger partial charge is 0.0802 e. The third kappa shape index (κ3) is 3.40. The zero-order valence-corrected chi connectivity index (χ0v) is 12.2. The van der Waals surface area contributed by atoms with Gasteiger partial charge in [0.1, 0.15) is 0 Å². The number of aliphatic hydroxyl groups is 1. The van der Waals surface area contributed by atoms with Crippen molar-refractivity contribution >= 4 is 0 Å². The molecule has 0 bridgehead atoms. The molecule has 3 rings (SSSR count).